The molecule has 0 radical (unpaired) electrons. The molecule has 0 amide bonds. The van der Waals surface area contributed by atoms with Gasteiger partial charge in [-0.05, 0) is 45.0 Å². The second kappa shape index (κ2) is 7.36. The molecule has 1 aromatic rings. The smallest absolute Gasteiger partial charge is 0.161 e. The van der Waals surface area contributed by atoms with Gasteiger partial charge in [0.05, 0.1) is 13.2 Å². The zero-order chi connectivity index (χ0) is 14.4. The zero-order valence-corrected chi connectivity index (χ0v) is 12.4. The molecule has 0 aromatic heterocycles. The average molecular weight is 267 g/mol. The topological polar surface area (TPSA) is 50.7 Å². The van der Waals surface area contributed by atoms with Crippen molar-refractivity contribution < 1.29 is 14.6 Å². The molecule has 0 spiro atoms. The van der Waals surface area contributed by atoms with Gasteiger partial charge < -0.3 is 19.9 Å². The van der Waals surface area contributed by atoms with E-state index in [0.717, 1.165) is 12.1 Å². The van der Waals surface area contributed by atoms with Crippen LogP contribution in [0.4, 0.5) is 0 Å². The van der Waals surface area contributed by atoms with Gasteiger partial charge in [-0.15, -0.1) is 0 Å². The van der Waals surface area contributed by atoms with Crippen LogP contribution >= 0.6 is 0 Å². The van der Waals surface area contributed by atoms with Gasteiger partial charge in [0, 0.05) is 6.04 Å². The lowest BCUT2D eigenvalue weighted by Crippen LogP contribution is -2.25. The molecule has 0 saturated heterocycles. The van der Waals surface area contributed by atoms with Gasteiger partial charge in [-0.3, -0.25) is 0 Å². The number of aliphatic hydroxyl groups is 1. The van der Waals surface area contributed by atoms with Gasteiger partial charge in [-0.2, -0.15) is 0 Å². The first-order chi connectivity index (χ1) is 8.99. The van der Waals surface area contributed by atoms with Crippen molar-refractivity contribution in [1.82, 2.24) is 5.32 Å². The lowest BCUT2D eigenvalue weighted by Gasteiger charge is -2.20. The molecule has 0 saturated carbocycles. The number of methoxy groups -OCH3 is 1. The molecule has 4 nitrogen and oxygen atoms in total. The Morgan fingerprint density at radius 2 is 1.89 bits per heavy atom. The van der Waals surface area contributed by atoms with E-state index >= 15 is 0 Å². The zero-order valence-electron chi connectivity index (χ0n) is 12.4. The maximum Gasteiger partial charge on any atom is 0.161 e. The van der Waals surface area contributed by atoms with E-state index in [1.54, 1.807) is 14.0 Å². The summed E-state index contributed by atoms with van der Waals surface area (Å²) in [6.45, 7) is 8.64. The average Bonchev–Trinajstić information content (AvgIpc) is 2.39. The van der Waals surface area contributed by atoms with Crippen molar-refractivity contribution in [3.63, 3.8) is 0 Å². The molecule has 3 atom stereocenters. The third-order valence-corrected chi connectivity index (χ3v) is 3.19. The second-order valence-corrected chi connectivity index (χ2v) is 4.75. The van der Waals surface area contributed by atoms with Crippen LogP contribution in [0, 0.1) is 0 Å². The summed E-state index contributed by atoms with van der Waals surface area (Å²) < 4.78 is 11.1. The largest absolute Gasteiger partial charge is 0.493 e. The van der Waals surface area contributed by atoms with Crippen LogP contribution in [0.1, 0.15) is 39.3 Å². The molecule has 108 valence electrons. The molecule has 19 heavy (non-hydrogen) atoms. The summed E-state index contributed by atoms with van der Waals surface area (Å²) in [5.41, 5.74) is 1.15. The Morgan fingerprint density at radius 1 is 1.21 bits per heavy atom. The third-order valence-electron chi connectivity index (χ3n) is 3.19. The molecule has 0 aliphatic rings. The van der Waals surface area contributed by atoms with Crippen LogP contribution in [0.5, 0.6) is 11.5 Å². The quantitative estimate of drug-likeness (QED) is 0.797. The van der Waals surface area contributed by atoms with Gasteiger partial charge in [0.25, 0.3) is 0 Å². The molecular weight excluding hydrogens is 242 g/mol. The fourth-order valence-corrected chi connectivity index (χ4v) is 1.77. The van der Waals surface area contributed by atoms with Crippen LogP contribution in [-0.4, -0.2) is 31.0 Å². The number of hydrogen-bond donors (Lipinski definition) is 2. The Labute approximate surface area is 115 Å². The fraction of sp³-hybridized carbons (Fsp3) is 0.600. The number of benzene rings is 1. The molecule has 0 fully saturated rings. The van der Waals surface area contributed by atoms with Crippen molar-refractivity contribution in [2.24, 2.45) is 0 Å². The molecule has 1 aromatic carbocycles. The molecule has 0 aliphatic heterocycles. The van der Waals surface area contributed by atoms with Crippen LogP contribution in [0.25, 0.3) is 0 Å². The molecule has 4 heteroatoms. The Morgan fingerprint density at radius 3 is 2.42 bits per heavy atom. The van der Waals surface area contributed by atoms with Crippen LogP contribution < -0.4 is 14.8 Å². The SMILES string of the molecule is CCNC(C)c1ccc(OC(C)C(C)O)c(OC)c1. The standard InChI is InChI=1S/C15H25NO3/c1-6-16-10(2)13-7-8-14(15(9-13)18-5)19-12(4)11(3)17/h7-12,16-17H,6H2,1-5H3. The van der Waals surface area contributed by atoms with E-state index in [2.05, 4.69) is 19.2 Å². The van der Waals surface area contributed by atoms with Crippen molar-refractivity contribution in [1.29, 1.82) is 0 Å². The maximum atomic E-state index is 9.48. The van der Waals surface area contributed by atoms with Gasteiger partial charge in [0.2, 0.25) is 0 Å². The first-order valence-corrected chi connectivity index (χ1v) is 6.75. The number of nitrogens with one attached hydrogen (secondary N) is 1. The summed E-state index contributed by atoms with van der Waals surface area (Å²) in [7, 11) is 1.62. The predicted molar refractivity (Wildman–Crippen MR) is 76.9 cm³/mol. The highest BCUT2D eigenvalue weighted by atomic mass is 16.5. The van der Waals surface area contributed by atoms with Crippen molar-refractivity contribution in [2.45, 2.75) is 45.9 Å². The summed E-state index contributed by atoms with van der Waals surface area (Å²) in [5.74, 6) is 1.35. The van der Waals surface area contributed by atoms with Gasteiger partial charge in [0.15, 0.2) is 11.5 Å². The van der Waals surface area contributed by atoms with Crippen molar-refractivity contribution >= 4 is 0 Å². The molecule has 0 aliphatic carbocycles. The van der Waals surface area contributed by atoms with Crippen molar-refractivity contribution in [3.05, 3.63) is 23.8 Å². The molecule has 2 N–H and O–H groups in total. The Balaban J connectivity index is 2.90. The highest BCUT2D eigenvalue weighted by molar-refractivity contribution is 5.44. The second-order valence-electron chi connectivity index (χ2n) is 4.75. The normalized spacial score (nSPS) is 15.7. The molecular formula is C15H25NO3. The summed E-state index contributed by atoms with van der Waals surface area (Å²) in [6.07, 6.45) is -0.795. The van der Waals surface area contributed by atoms with E-state index in [1.807, 2.05) is 25.1 Å². The fourth-order valence-electron chi connectivity index (χ4n) is 1.77. The van der Waals surface area contributed by atoms with E-state index in [0.29, 0.717) is 11.5 Å². The van der Waals surface area contributed by atoms with Gasteiger partial charge in [0.1, 0.15) is 6.10 Å². The number of rotatable bonds is 7. The Kier molecular flexibility index (Phi) is 6.12. The summed E-state index contributed by atoms with van der Waals surface area (Å²) in [4.78, 5) is 0. The first kappa shape index (κ1) is 15.8. The summed E-state index contributed by atoms with van der Waals surface area (Å²) in [6, 6.07) is 6.14. The minimum atomic E-state index is -0.523. The van der Waals surface area contributed by atoms with Crippen LogP contribution in [0.3, 0.4) is 0 Å². The first-order valence-electron chi connectivity index (χ1n) is 6.75. The van der Waals surface area contributed by atoms with Crippen LogP contribution in [0.15, 0.2) is 18.2 Å². The summed E-state index contributed by atoms with van der Waals surface area (Å²) >= 11 is 0. The molecule has 3 unspecified atom stereocenters. The lowest BCUT2D eigenvalue weighted by atomic mass is 10.1. The number of aliphatic hydroxyl groups excluding tert-OH is 1. The lowest BCUT2D eigenvalue weighted by molar-refractivity contribution is 0.0586. The van der Waals surface area contributed by atoms with Gasteiger partial charge >= 0.3 is 0 Å². The van der Waals surface area contributed by atoms with E-state index in [9.17, 15) is 5.11 Å². The monoisotopic (exact) mass is 267 g/mol. The highest BCUT2D eigenvalue weighted by Crippen LogP contribution is 2.31. The predicted octanol–water partition coefficient (Wildman–Crippen LogP) is 2.51. The van der Waals surface area contributed by atoms with Crippen molar-refractivity contribution in [3.8, 4) is 11.5 Å². The molecule has 1 rings (SSSR count). The van der Waals surface area contributed by atoms with E-state index in [1.165, 1.54) is 0 Å². The van der Waals surface area contributed by atoms with E-state index < -0.39 is 6.10 Å². The third kappa shape index (κ3) is 4.40. The van der Waals surface area contributed by atoms with E-state index in [-0.39, 0.29) is 12.1 Å². The maximum absolute atomic E-state index is 9.48. The minimum Gasteiger partial charge on any atom is -0.493 e. The summed E-state index contributed by atoms with van der Waals surface area (Å²) in [5, 5.41) is 12.8. The Bertz CT molecular complexity index is 393. The van der Waals surface area contributed by atoms with Crippen LogP contribution in [-0.2, 0) is 0 Å². The highest BCUT2D eigenvalue weighted by Gasteiger charge is 2.15. The minimum absolute atomic E-state index is 0.266. The number of ether oxygens (including phenoxy) is 2. The number of hydrogen-bond acceptors (Lipinski definition) is 4. The van der Waals surface area contributed by atoms with Gasteiger partial charge in [-0.25, -0.2) is 0 Å². The van der Waals surface area contributed by atoms with Crippen LogP contribution in [0.2, 0.25) is 0 Å². The Hall–Kier alpha value is -1.26. The van der Waals surface area contributed by atoms with Crippen molar-refractivity contribution in [2.75, 3.05) is 13.7 Å². The molecule has 0 bridgehead atoms. The van der Waals surface area contributed by atoms with Gasteiger partial charge in [-0.1, -0.05) is 13.0 Å². The molecule has 0 heterocycles. The van der Waals surface area contributed by atoms with E-state index in [4.69, 9.17) is 9.47 Å².